The molecule has 0 saturated carbocycles. The van der Waals surface area contributed by atoms with Crippen molar-refractivity contribution in [1.29, 1.82) is 0 Å². The van der Waals surface area contributed by atoms with Crippen molar-refractivity contribution in [3.05, 3.63) is 34.9 Å². The highest BCUT2D eigenvalue weighted by Crippen LogP contribution is 2.30. The van der Waals surface area contributed by atoms with Crippen molar-refractivity contribution in [3.8, 4) is 0 Å². The number of hydrogen-bond acceptors (Lipinski definition) is 7. The van der Waals surface area contributed by atoms with Crippen molar-refractivity contribution in [2.24, 2.45) is 0 Å². The van der Waals surface area contributed by atoms with E-state index in [2.05, 4.69) is 42.4 Å². The van der Waals surface area contributed by atoms with E-state index in [0.717, 1.165) is 0 Å². The van der Waals surface area contributed by atoms with Gasteiger partial charge in [-0.3, -0.25) is 0 Å². The van der Waals surface area contributed by atoms with E-state index >= 15 is 0 Å². The fraction of sp³-hybridized carbons (Fsp3) is 0.353. The number of halogens is 4. The number of benzene rings is 1. The molecule has 0 aliphatic heterocycles. The second-order valence-electron chi connectivity index (χ2n) is 6.98. The first kappa shape index (κ1) is 25.5. The smallest absolute Gasteiger partial charge is 0.388 e. The number of rotatable bonds is 8. The molecule has 2 aromatic rings. The quantitative estimate of drug-likeness (QED) is 0.372. The summed E-state index contributed by atoms with van der Waals surface area (Å²) in [6.45, 7) is 5.11. The summed E-state index contributed by atoms with van der Waals surface area (Å²) >= 11 is 3.34. The molecule has 0 saturated heterocycles. The molecule has 31 heavy (non-hydrogen) atoms. The Labute approximate surface area is 188 Å². The Bertz CT molecular complexity index is 1060. The zero-order valence-corrected chi connectivity index (χ0v) is 19.9. The number of anilines is 3. The molecule has 0 amide bonds. The molecule has 1 unspecified atom stereocenters. The highest BCUT2D eigenvalue weighted by atomic mass is 79.9. The van der Waals surface area contributed by atoms with Gasteiger partial charge >= 0.3 is 15.5 Å². The molecular formula is C17H21BrF3N5O3S2. The van der Waals surface area contributed by atoms with Gasteiger partial charge in [-0.05, 0) is 61.0 Å². The van der Waals surface area contributed by atoms with Crippen molar-refractivity contribution >= 4 is 59.9 Å². The van der Waals surface area contributed by atoms with Gasteiger partial charge in [0.1, 0.15) is 5.82 Å². The molecule has 0 bridgehead atoms. The summed E-state index contributed by atoms with van der Waals surface area (Å²) in [5.74, 6) is 4.13. The summed E-state index contributed by atoms with van der Waals surface area (Å²) in [5.41, 5.74) is -5.89. The van der Waals surface area contributed by atoms with Crippen molar-refractivity contribution in [3.63, 3.8) is 0 Å². The van der Waals surface area contributed by atoms with Crippen LogP contribution in [0, 0.1) is 0 Å². The maximum atomic E-state index is 12.5. The summed E-state index contributed by atoms with van der Waals surface area (Å²) in [4.78, 5) is 8.73. The number of alkyl halides is 3. The van der Waals surface area contributed by atoms with Crippen molar-refractivity contribution < 1.29 is 26.7 Å². The van der Waals surface area contributed by atoms with Crippen molar-refractivity contribution in [1.82, 2.24) is 14.1 Å². The van der Waals surface area contributed by atoms with Gasteiger partial charge in [0.05, 0.1) is 16.1 Å². The van der Waals surface area contributed by atoms with E-state index in [0.29, 0.717) is 16.0 Å². The Balaban J connectivity index is 2.13. The van der Waals surface area contributed by atoms with Crippen LogP contribution in [-0.2, 0) is 10.0 Å². The zero-order valence-electron chi connectivity index (χ0n) is 16.7. The van der Waals surface area contributed by atoms with Gasteiger partial charge < -0.3 is 15.7 Å². The van der Waals surface area contributed by atoms with Crippen LogP contribution in [-0.4, -0.2) is 46.5 Å². The van der Waals surface area contributed by atoms with E-state index in [1.807, 2.05) is 0 Å². The Morgan fingerprint density at radius 1 is 1.23 bits per heavy atom. The Hall–Kier alpha value is -1.74. The first-order valence-corrected chi connectivity index (χ1v) is 12.3. The molecule has 2 atom stereocenters. The van der Waals surface area contributed by atoms with Crippen molar-refractivity contribution in [2.45, 2.75) is 42.8 Å². The summed E-state index contributed by atoms with van der Waals surface area (Å²) in [5, 5.41) is 16.1. The largest absolute Gasteiger partial charge is 0.512 e. The third-order valence-corrected chi connectivity index (χ3v) is 7.78. The molecule has 4 N–H and O–H groups in total. The molecule has 0 aliphatic rings. The van der Waals surface area contributed by atoms with Crippen molar-refractivity contribution in [2.75, 3.05) is 10.6 Å². The maximum Gasteiger partial charge on any atom is 0.512 e. The number of aliphatic hydroxyl groups is 1. The van der Waals surface area contributed by atoms with Gasteiger partial charge in [0, 0.05) is 16.8 Å². The van der Waals surface area contributed by atoms with Crippen LogP contribution in [0.15, 0.2) is 39.8 Å². The van der Waals surface area contributed by atoms with Gasteiger partial charge in [-0.2, -0.15) is 22.3 Å². The van der Waals surface area contributed by atoms with Gasteiger partial charge in [0.15, 0.2) is 0 Å². The minimum Gasteiger partial charge on any atom is -0.388 e. The second-order valence-corrected chi connectivity index (χ2v) is 11.2. The molecule has 0 radical (unpaired) electrons. The number of aromatic nitrogens is 2. The molecule has 14 heteroatoms. The van der Waals surface area contributed by atoms with Gasteiger partial charge in [-0.25, -0.2) is 13.4 Å². The summed E-state index contributed by atoms with van der Waals surface area (Å²) in [6.07, 6.45) is 1.52. The normalized spacial score (nSPS) is 14.7. The molecule has 1 heterocycles. The molecule has 1 aromatic carbocycles. The van der Waals surface area contributed by atoms with Crippen LogP contribution in [0.25, 0.3) is 0 Å². The molecular weight excluding hydrogens is 523 g/mol. The van der Waals surface area contributed by atoms with Crippen LogP contribution in [0.2, 0.25) is 0 Å². The van der Waals surface area contributed by atoms with E-state index < -0.39 is 31.8 Å². The summed E-state index contributed by atoms with van der Waals surface area (Å²) in [6, 6.07) is 5.61. The lowest BCUT2D eigenvalue weighted by Gasteiger charge is -2.27. The van der Waals surface area contributed by atoms with Gasteiger partial charge in [-0.15, -0.1) is 0 Å². The molecule has 0 fully saturated rings. The van der Waals surface area contributed by atoms with Gasteiger partial charge in [0.25, 0.3) is 0 Å². The molecule has 172 valence electrons. The summed E-state index contributed by atoms with van der Waals surface area (Å²) in [7, 11) is -7.13. The van der Waals surface area contributed by atoms with Crippen LogP contribution in [0.5, 0.6) is 0 Å². The SMILES string of the molecule is C=S(NS(=O)(=O)C(F)(F)F)c1ccc(Nc2ncc(Br)c(N[C@H](C)C(C)(C)O)n2)cc1. The highest BCUT2D eigenvalue weighted by Gasteiger charge is 2.46. The van der Waals surface area contributed by atoms with Crippen LogP contribution in [0.3, 0.4) is 0 Å². The maximum absolute atomic E-state index is 12.5. The highest BCUT2D eigenvalue weighted by molar-refractivity contribution is 9.10. The third kappa shape index (κ3) is 6.87. The van der Waals surface area contributed by atoms with Crippen LogP contribution in [0.4, 0.5) is 30.6 Å². The fourth-order valence-corrected chi connectivity index (χ4v) is 4.56. The Morgan fingerprint density at radius 2 is 1.81 bits per heavy atom. The lowest BCUT2D eigenvalue weighted by Crippen LogP contribution is -2.39. The monoisotopic (exact) mass is 543 g/mol. The van der Waals surface area contributed by atoms with E-state index in [1.54, 1.807) is 20.8 Å². The van der Waals surface area contributed by atoms with E-state index in [-0.39, 0.29) is 16.9 Å². The fourth-order valence-electron chi connectivity index (χ4n) is 1.97. The summed E-state index contributed by atoms with van der Waals surface area (Å²) < 4.78 is 62.0. The number of nitrogens with zero attached hydrogens (tertiary/aromatic N) is 2. The lowest BCUT2D eigenvalue weighted by molar-refractivity contribution is -0.0440. The van der Waals surface area contributed by atoms with E-state index in [1.165, 1.54) is 34.6 Å². The first-order chi connectivity index (χ1) is 14.1. The first-order valence-electron chi connectivity index (χ1n) is 8.61. The second kappa shape index (κ2) is 9.40. The lowest BCUT2D eigenvalue weighted by atomic mass is 10.0. The molecule has 1 aromatic heterocycles. The Morgan fingerprint density at radius 3 is 2.32 bits per heavy atom. The van der Waals surface area contributed by atoms with Gasteiger partial charge in [0.2, 0.25) is 5.95 Å². The predicted octanol–water partition coefficient (Wildman–Crippen LogP) is 3.97. The van der Waals surface area contributed by atoms with Crippen LogP contribution < -0.4 is 14.8 Å². The predicted molar refractivity (Wildman–Crippen MR) is 120 cm³/mol. The molecule has 2 rings (SSSR count). The standard InChI is InChI=1S/C17H21BrF3N5O3S2/c1-10(16(2,3)27)23-14-13(18)9-22-15(25-14)24-11-5-7-12(8-6-11)30(4)26-31(28,29)17(19,20)21/h5-10,26-27H,4H2,1-3H3,(H2,22,23,24,25)/t10-,30?/m1/s1. The number of hydrogen-bond donors (Lipinski definition) is 4. The minimum atomic E-state index is -5.50. The average Bonchev–Trinajstić information content (AvgIpc) is 2.63. The Kier molecular flexibility index (Phi) is 7.74. The van der Waals surface area contributed by atoms with E-state index in [4.69, 9.17) is 0 Å². The average molecular weight is 544 g/mol. The number of sulfonamides is 1. The molecule has 0 aliphatic carbocycles. The van der Waals surface area contributed by atoms with Gasteiger partial charge in [-0.1, -0.05) is 16.5 Å². The molecule has 0 spiro atoms. The van der Waals surface area contributed by atoms with Crippen LogP contribution >= 0.6 is 26.6 Å². The number of nitrogens with one attached hydrogen (secondary N) is 3. The van der Waals surface area contributed by atoms with Crippen LogP contribution in [0.1, 0.15) is 20.8 Å². The minimum absolute atomic E-state index is 0.229. The zero-order chi connectivity index (χ0) is 23.6. The van der Waals surface area contributed by atoms with E-state index in [9.17, 15) is 26.7 Å². The topological polar surface area (TPSA) is 116 Å². The third-order valence-electron chi connectivity index (χ3n) is 4.07. The molecule has 8 nitrogen and oxygen atoms in total.